The fourth-order valence-corrected chi connectivity index (χ4v) is 5.95. The molecule has 4 nitrogen and oxygen atoms in total. The second kappa shape index (κ2) is 6.81. The predicted octanol–water partition coefficient (Wildman–Crippen LogP) is 3.69. The quantitative estimate of drug-likeness (QED) is 0.824. The Morgan fingerprint density at radius 2 is 1.96 bits per heavy atom. The molecule has 1 saturated heterocycles. The van der Waals surface area contributed by atoms with Crippen LogP contribution < -0.4 is 4.90 Å². The zero-order valence-corrected chi connectivity index (χ0v) is 15.2. The molecular weight excluding hydrogens is 352 g/mol. The van der Waals surface area contributed by atoms with E-state index in [9.17, 15) is 8.42 Å². The van der Waals surface area contributed by atoms with E-state index in [0.717, 1.165) is 36.4 Å². The Bertz CT molecular complexity index is 761. The van der Waals surface area contributed by atoms with Crippen LogP contribution in [0, 0.1) is 0 Å². The smallest absolute Gasteiger partial charge is 0.252 e. The van der Waals surface area contributed by atoms with Crippen LogP contribution in [0.2, 0.25) is 4.34 Å². The molecule has 2 aromatic rings. The van der Waals surface area contributed by atoms with Gasteiger partial charge in [0.25, 0.3) is 10.0 Å². The van der Waals surface area contributed by atoms with Gasteiger partial charge in [-0.25, -0.2) is 8.42 Å². The molecule has 1 aromatic carbocycles. The highest BCUT2D eigenvalue weighted by atomic mass is 35.5. The van der Waals surface area contributed by atoms with E-state index in [1.54, 1.807) is 19.2 Å². The van der Waals surface area contributed by atoms with E-state index in [-0.39, 0.29) is 6.04 Å². The second-order valence-corrected chi connectivity index (χ2v) is 9.60. The molecule has 1 aromatic heterocycles. The Hall–Kier alpha value is -1.08. The topological polar surface area (TPSA) is 40.6 Å². The summed E-state index contributed by atoms with van der Waals surface area (Å²) in [6, 6.07) is 13.3. The molecule has 1 aliphatic heterocycles. The number of hydrogen-bond acceptors (Lipinski definition) is 4. The van der Waals surface area contributed by atoms with Crippen LogP contribution in [-0.4, -0.2) is 38.9 Å². The van der Waals surface area contributed by atoms with E-state index in [1.165, 1.54) is 4.31 Å². The fourth-order valence-electron chi connectivity index (χ4n) is 2.90. The first-order chi connectivity index (χ1) is 11.0. The Morgan fingerprint density at radius 3 is 2.61 bits per heavy atom. The summed E-state index contributed by atoms with van der Waals surface area (Å²) in [6.45, 7) is 1.66. The van der Waals surface area contributed by atoms with Crippen molar-refractivity contribution < 1.29 is 8.42 Å². The summed E-state index contributed by atoms with van der Waals surface area (Å²) in [5, 5.41) is 0. The Balaban J connectivity index is 1.78. The van der Waals surface area contributed by atoms with E-state index in [1.807, 2.05) is 18.2 Å². The predicted molar refractivity (Wildman–Crippen MR) is 96.0 cm³/mol. The van der Waals surface area contributed by atoms with Crippen LogP contribution in [0.5, 0.6) is 0 Å². The first kappa shape index (κ1) is 16.8. The van der Waals surface area contributed by atoms with Crippen molar-refractivity contribution in [2.75, 3.05) is 25.0 Å². The van der Waals surface area contributed by atoms with Gasteiger partial charge in [0.2, 0.25) is 0 Å². The normalized spacial score (nSPS) is 19.3. The highest BCUT2D eigenvalue weighted by Crippen LogP contribution is 2.30. The van der Waals surface area contributed by atoms with Gasteiger partial charge in [0.15, 0.2) is 0 Å². The van der Waals surface area contributed by atoms with Crippen LogP contribution in [0.4, 0.5) is 5.69 Å². The molecule has 1 fully saturated rings. The van der Waals surface area contributed by atoms with Crippen molar-refractivity contribution in [1.82, 2.24) is 4.31 Å². The number of anilines is 1. The fraction of sp³-hybridized carbons (Fsp3) is 0.375. The minimum absolute atomic E-state index is 0.0326. The Labute approximate surface area is 146 Å². The lowest BCUT2D eigenvalue weighted by Gasteiger charge is -2.38. The van der Waals surface area contributed by atoms with E-state index >= 15 is 0 Å². The number of thiophene rings is 1. The average molecular weight is 371 g/mol. The van der Waals surface area contributed by atoms with Gasteiger partial charge in [0, 0.05) is 31.9 Å². The number of rotatable bonds is 4. The lowest BCUT2D eigenvalue weighted by molar-refractivity contribution is 0.321. The maximum absolute atomic E-state index is 12.7. The molecule has 124 valence electrons. The zero-order valence-electron chi connectivity index (χ0n) is 12.9. The zero-order chi connectivity index (χ0) is 16.4. The van der Waals surface area contributed by atoms with E-state index in [0.29, 0.717) is 15.1 Å². The molecule has 0 saturated carbocycles. The van der Waals surface area contributed by atoms with E-state index < -0.39 is 10.0 Å². The second-order valence-electron chi connectivity index (χ2n) is 5.66. The lowest BCUT2D eigenvalue weighted by Crippen LogP contribution is -2.48. The van der Waals surface area contributed by atoms with Gasteiger partial charge in [0.1, 0.15) is 4.21 Å². The molecule has 0 amide bonds. The molecule has 1 atom stereocenters. The van der Waals surface area contributed by atoms with Crippen molar-refractivity contribution >= 4 is 38.6 Å². The van der Waals surface area contributed by atoms with Gasteiger partial charge in [-0.05, 0) is 37.1 Å². The van der Waals surface area contributed by atoms with Crippen LogP contribution in [0.1, 0.15) is 12.8 Å². The number of hydrogen-bond donors (Lipinski definition) is 0. The molecule has 0 bridgehead atoms. The first-order valence-electron chi connectivity index (χ1n) is 7.52. The van der Waals surface area contributed by atoms with Crippen LogP contribution in [-0.2, 0) is 10.0 Å². The summed E-state index contributed by atoms with van der Waals surface area (Å²) >= 11 is 6.99. The standard InChI is InChI=1S/C16H19ClN2O2S2/c1-18(23(20,21)16-10-9-15(17)22-16)14-8-5-11-19(12-14)13-6-3-2-4-7-13/h2-4,6-7,9-10,14H,5,8,11-12H2,1H3. The molecule has 23 heavy (non-hydrogen) atoms. The molecule has 7 heteroatoms. The highest BCUT2D eigenvalue weighted by Gasteiger charge is 2.32. The number of likely N-dealkylation sites (N-methyl/N-ethyl adjacent to an activating group) is 1. The average Bonchev–Trinajstić information content (AvgIpc) is 3.02. The number of piperidine rings is 1. The van der Waals surface area contributed by atoms with Crippen LogP contribution >= 0.6 is 22.9 Å². The number of benzene rings is 1. The Morgan fingerprint density at radius 1 is 1.22 bits per heavy atom. The van der Waals surface area contributed by atoms with E-state index in [2.05, 4.69) is 17.0 Å². The summed E-state index contributed by atoms with van der Waals surface area (Å²) < 4.78 is 27.8. The van der Waals surface area contributed by atoms with Crippen LogP contribution in [0.25, 0.3) is 0 Å². The molecule has 0 N–H and O–H groups in total. The summed E-state index contributed by atoms with van der Waals surface area (Å²) in [5.41, 5.74) is 1.14. The van der Waals surface area contributed by atoms with Gasteiger partial charge in [-0.2, -0.15) is 4.31 Å². The Kier molecular flexibility index (Phi) is 4.96. The lowest BCUT2D eigenvalue weighted by atomic mass is 10.1. The largest absolute Gasteiger partial charge is 0.370 e. The van der Waals surface area contributed by atoms with Crippen molar-refractivity contribution in [2.24, 2.45) is 0 Å². The van der Waals surface area contributed by atoms with Gasteiger partial charge in [0.05, 0.1) is 4.34 Å². The van der Waals surface area contributed by atoms with Crippen molar-refractivity contribution in [3.05, 3.63) is 46.8 Å². The van der Waals surface area contributed by atoms with E-state index in [4.69, 9.17) is 11.6 Å². The maximum Gasteiger partial charge on any atom is 0.252 e. The van der Waals surface area contributed by atoms with Crippen LogP contribution in [0.3, 0.4) is 0 Å². The molecule has 2 heterocycles. The molecular formula is C16H19ClN2O2S2. The third kappa shape index (κ3) is 3.55. The first-order valence-corrected chi connectivity index (χ1v) is 10.2. The van der Waals surface area contributed by atoms with Crippen molar-refractivity contribution in [3.8, 4) is 0 Å². The summed E-state index contributed by atoms with van der Waals surface area (Å²) in [7, 11) is -1.81. The van der Waals surface area contributed by atoms with Crippen molar-refractivity contribution in [1.29, 1.82) is 0 Å². The third-order valence-corrected chi connectivity index (χ3v) is 7.82. The van der Waals surface area contributed by atoms with Crippen molar-refractivity contribution in [2.45, 2.75) is 23.1 Å². The number of sulfonamides is 1. The van der Waals surface area contributed by atoms with Gasteiger partial charge < -0.3 is 4.90 Å². The summed E-state index contributed by atoms with van der Waals surface area (Å²) in [4.78, 5) is 2.25. The molecule has 0 spiro atoms. The summed E-state index contributed by atoms with van der Waals surface area (Å²) in [5.74, 6) is 0. The molecule has 3 rings (SSSR count). The molecule has 0 radical (unpaired) electrons. The van der Waals surface area contributed by atoms with Crippen LogP contribution in [0.15, 0.2) is 46.7 Å². The number of nitrogens with zero attached hydrogens (tertiary/aromatic N) is 2. The summed E-state index contributed by atoms with van der Waals surface area (Å²) in [6.07, 6.45) is 1.85. The SMILES string of the molecule is CN(C1CCCN(c2ccccc2)C1)S(=O)(=O)c1ccc(Cl)s1. The molecule has 1 unspecified atom stereocenters. The number of para-hydroxylation sites is 1. The third-order valence-electron chi connectivity index (χ3n) is 4.21. The van der Waals surface area contributed by atoms with Gasteiger partial charge in [-0.3, -0.25) is 0 Å². The molecule has 0 aliphatic carbocycles. The maximum atomic E-state index is 12.7. The van der Waals surface area contributed by atoms with Gasteiger partial charge in [-0.15, -0.1) is 11.3 Å². The van der Waals surface area contributed by atoms with Crippen molar-refractivity contribution in [3.63, 3.8) is 0 Å². The van der Waals surface area contributed by atoms with Gasteiger partial charge >= 0.3 is 0 Å². The minimum atomic E-state index is -3.48. The highest BCUT2D eigenvalue weighted by molar-refractivity contribution is 7.91. The van der Waals surface area contributed by atoms with Gasteiger partial charge in [-0.1, -0.05) is 29.8 Å². The minimum Gasteiger partial charge on any atom is -0.370 e. The number of halogens is 1. The molecule has 1 aliphatic rings. The monoisotopic (exact) mass is 370 g/mol.